The molecule has 0 aliphatic heterocycles. The molecule has 1 aromatic heterocycles. The lowest BCUT2D eigenvalue weighted by atomic mass is 10.1. The average molecular weight is 317 g/mol. The van der Waals surface area contributed by atoms with E-state index in [9.17, 15) is 4.79 Å². The first kappa shape index (κ1) is 9.93. The van der Waals surface area contributed by atoms with E-state index in [4.69, 9.17) is 0 Å². The third-order valence-corrected chi connectivity index (χ3v) is 2.88. The molecule has 0 saturated heterocycles. The molecule has 1 aromatic carbocycles. The van der Waals surface area contributed by atoms with Gasteiger partial charge in [0.05, 0.1) is 0 Å². The Morgan fingerprint density at radius 2 is 2.00 bits per heavy atom. The van der Waals surface area contributed by atoms with Crippen molar-refractivity contribution >= 4 is 48.5 Å². The van der Waals surface area contributed by atoms with Crippen LogP contribution in [0.15, 0.2) is 30.5 Å². The van der Waals surface area contributed by atoms with Crippen LogP contribution in [0.25, 0.3) is 10.9 Å². The highest BCUT2D eigenvalue weighted by Gasteiger charge is 2.16. The summed E-state index contributed by atoms with van der Waals surface area (Å²) in [5.74, 6) is 0.0300. The molecule has 72 valence electrons. The molecule has 0 spiro atoms. The quantitative estimate of drug-likeness (QED) is 0.668. The van der Waals surface area contributed by atoms with E-state index in [1.807, 2.05) is 24.3 Å². The number of carbonyl (C=O) groups is 1. The highest BCUT2D eigenvalue weighted by molar-refractivity contribution is 9.25. The van der Waals surface area contributed by atoms with Crippen LogP contribution in [-0.2, 0) is 0 Å². The molecule has 14 heavy (non-hydrogen) atoms. The van der Waals surface area contributed by atoms with Crippen molar-refractivity contribution < 1.29 is 4.79 Å². The fraction of sp³-hybridized carbons (Fsp3) is 0.100. The lowest BCUT2D eigenvalue weighted by Gasteiger charge is -1.98. The van der Waals surface area contributed by atoms with Crippen LogP contribution in [0.3, 0.4) is 0 Å². The van der Waals surface area contributed by atoms with E-state index in [1.54, 1.807) is 6.20 Å². The molecule has 0 aliphatic carbocycles. The maximum absolute atomic E-state index is 11.7. The number of halogens is 2. The van der Waals surface area contributed by atoms with Crippen molar-refractivity contribution in [2.45, 2.75) is 3.74 Å². The minimum absolute atomic E-state index is 0.0300. The zero-order chi connectivity index (χ0) is 10.1. The lowest BCUT2D eigenvalue weighted by molar-refractivity contribution is 0.101. The van der Waals surface area contributed by atoms with Crippen molar-refractivity contribution in [1.82, 2.24) is 4.98 Å². The predicted octanol–water partition coefficient (Wildman–Crippen LogP) is 3.47. The maximum atomic E-state index is 11.7. The van der Waals surface area contributed by atoms with E-state index in [-0.39, 0.29) is 9.52 Å². The van der Waals surface area contributed by atoms with Crippen LogP contribution in [0.1, 0.15) is 10.4 Å². The molecule has 4 heteroatoms. The summed E-state index contributed by atoms with van der Waals surface area (Å²) in [5.41, 5.74) is 1.69. The molecule has 2 nitrogen and oxygen atoms in total. The van der Waals surface area contributed by atoms with Crippen molar-refractivity contribution in [3.05, 3.63) is 36.0 Å². The van der Waals surface area contributed by atoms with Gasteiger partial charge in [0.1, 0.15) is 3.74 Å². The van der Waals surface area contributed by atoms with Gasteiger partial charge in [-0.05, 0) is 6.07 Å². The molecule has 0 bridgehead atoms. The Bertz CT molecular complexity index is 476. The summed E-state index contributed by atoms with van der Waals surface area (Å²) >= 11 is 6.40. The van der Waals surface area contributed by atoms with E-state index in [2.05, 4.69) is 36.8 Å². The summed E-state index contributed by atoms with van der Waals surface area (Å²) in [6, 6.07) is 7.74. The maximum Gasteiger partial charge on any atom is 0.189 e. The molecular weight excluding hydrogens is 310 g/mol. The number of rotatable bonds is 2. The Labute approximate surface area is 97.9 Å². The monoisotopic (exact) mass is 315 g/mol. The first-order chi connectivity index (χ1) is 6.70. The second kappa shape index (κ2) is 3.87. The van der Waals surface area contributed by atoms with Crippen molar-refractivity contribution in [2.75, 3.05) is 0 Å². The molecular formula is C10H7Br2NO. The third-order valence-electron chi connectivity index (χ3n) is 2.05. The van der Waals surface area contributed by atoms with Gasteiger partial charge in [-0.3, -0.25) is 4.79 Å². The van der Waals surface area contributed by atoms with Crippen LogP contribution in [0.5, 0.6) is 0 Å². The first-order valence-electron chi connectivity index (χ1n) is 4.08. The van der Waals surface area contributed by atoms with E-state index in [0.717, 1.165) is 10.9 Å². The number of nitrogens with one attached hydrogen (secondary N) is 1. The second-order valence-corrected chi connectivity index (χ2v) is 5.97. The van der Waals surface area contributed by atoms with Gasteiger partial charge in [-0.1, -0.05) is 50.1 Å². The summed E-state index contributed by atoms with van der Waals surface area (Å²) in [5, 5.41) is 0.960. The van der Waals surface area contributed by atoms with Gasteiger partial charge in [0.2, 0.25) is 0 Å². The molecule has 1 heterocycles. The number of alkyl halides is 2. The standard InChI is InChI=1S/C10H7Br2NO/c11-10(12)9(14)7-5-13-8-4-2-1-3-6(7)8/h1-5,10,13H. The molecule has 0 aliphatic rings. The largest absolute Gasteiger partial charge is 0.360 e. The smallest absolute Gasteiger partial charge is 0.189 e. The van der Waals surface area contributed by atoms with Crippen molar-refractivity contribution in [3.63, 3.8) is 0 Å². The zero-order valence-corrected chi connectivity index (χ0v) is 10.3. The average Bonchev–Trinajstić information content (AvgIpc) is 2.60. The molecule has 0 fully saturated rings. The van der Waals surface area contributed by atoms with Crippen molar-refractivity contribution in [3.8, 4) is 0 Å². The topological polar surface area (TPSA) is 32.9 Å². The SMILES string of the molecule is O=C(c1c[nH]c2ccccc12)C(Br)Br. The molecule has 0 amide bonds. The van der Waals surface area contributed by atoms with Crippen LogP contribution in [-0.4, -0.2) is 14.5 Å². The van der Waals surface area contributed by atoms with Crippen LogP contribution in [0.4, 0.5) is 0 Å². The third kappa shape index (κ3) is 1.64. The molecule has 1 N–H and O–H groups in total. The van der Waals surface area contributed by atoms with E-state index in [1.165, 1.54) is 0 Å². The van der Waals surface area contributed by atoms with Crippen LogP contribution in [0.2, 0.25) is 0 Å². The van der Waals surface area contributed by atoms with Gasteiger partial charge in [0.25, 0.3) is 0 Å². The molecule has 0 saturated carbocycles. The van der Waals surface area contributed by atoms with E-state index >= 15 is 0 Å². The van der Waals surface area contributed by atoms with E-state index in [0.29, 0.717) is 5.56 Å². The molecule has 0 unspecified atom stereocenters. The Hall–Kier alpha value is -0.610. The van der Waals surface area contributed by atoms with Gasteiger partial charge in [0.15, 0.2) is 5.78 Å². The number of benzene rings is 1. The number of H-pyrrole nitrogens is 1. The summed E-state index contributed by atoms with van der Waals surface area (Å²) in [4.78, 5) is 14.8. The normalized spacial score (nSPS) is 11.1. The molecule has 0 atom stereocenters. The number of hydrogen-bond donors (Lipinski definition) is 1. The van der Waals surface area contributed by atoms with Crippen molar-refractivity contribution in [2.24, 2.45) is 0 Å². The van der Waals surface area contributed by atoms with Crippen LogP contribution < -0.4 is 0 Å². The Morgan fingerprint density at radius 1 is 1.29 bits per heavy atom. The number of aromatic amines is 1. The number of aromatic nitrogens is 1. The van der Waals surface area contributed by atoms with Gasteiger partial charge < -0.3 is 4.98 Å². The number of fused-ring (bicyclic) bond motifs is 1. The second-order valence-electron chi connectivity index (χ2n) is 2.91. The highest BCUT2D eigenvalue weighted by Crippen LogP contribution is 2.23. The minimum atomic E-state index is -0.325. The summed E-state index contributed by atoms with van der Waals surface area (Å²) < 4.78 is -0.325. The van der Waals surface area contributed by atoms with Gasteiger partial charge in [-0.15, -0.1) is 0 Å². The number of ketones is 1. The van der Waals surface area contributed by atoms with Crippen LogP contribution >= 0.6 is 31.9 Å². The van der Waals surface area contributed by atoms with Gasteiger partial charge in [-0.25, -0.2) is 0 Å². The fourth-order valence-electron chi connectivity index (χ4n) is 1.39. The number of para-hydroxylation sites is 1. The highest BCUT2D eigenvalue weighted by atomic mass is 79.9. The Morgan fingerprint density at radius 3 is 2.71 bits per heavy atom. The van der Waals surface area contributed by atoms with Crippen LogP contribution in [0, 0.1) is 0 Å². The molecule has 2 aromatic rings. The predicted molar refractivity (Wildman–Crippen MR) is 64.3 cm³/mol. The van der Waals surface area contributed by atoms with Gasteiger partial charge >= 0.3 is 0 Å². The zero-order valence-electron chi connectivity index (χ0n) is 7.13. The fourth-order valence-corrected chi connectivity index (χ4v) is 1.89. The Kier molecular flexibility index (Phi) is 2.74. The van der Waals surface area contributed by atoms with Gasteiger partial charge in [-0.2, -0.15) is 0 Å². The summed E-state index contributed by atoms with van der Waals surface area (Å²) in [7, 11) is 0. The number of hydrogen-bond acceptors (Lipinski definition) is 1. The summed E-state index contributed by atoms with van der Waals surface area (Å²) in [6.07, 6.45) is 1.74. The number of Topliss-reactive ketones (excluding diaryl/α,β-unsaturated/α-hetero) is 1. The first-order valence-corrected chi connectivity index (χ1v) is 5.92. The number of carbonyl (C=O) groups excluding carboxylic acids is 1. The Balaban J connectivity index is 2.58. The lowest BCUT2D eigenvalue weighted by Crippen LogP contribution is -2.05. The minimum Gasteiger partial charge on any atom is -0.360 e. The van der Waals surface area contributed by atoms with Crippen molar-refractivity contribution in [1.29, 1.82) is 0 Å². The molecule has 2 rings (SSSR count). The molecule has 0 radical (unpaired) electrons. The van der Waals surface area contributed by atoms with Gasteiger partial charge in [0, 0.05) is 22.7 Å². The van der Waals surface area contributed by atoms with E-state index < -0.39 is 0 Å². The summed E-state index contributed by atoms with van der Waals surface area (Å²) in [6.45, 7) is 0.